The average Bonchev–Trinajstić information content (AvgIpc) is 2.36. The molecule has 0 fully saturated rings. The zero-order valence-electron chi connectivity index (χ0n) is 11.0. The molecule has 88 valence electrons. The van der Waals surface area contributed by atoms with Crippen LogP contribution in [0.3, 0.4) is 0 Å². The van der Waals surface area contributed by atoms with Gasteiger partial charge in [0.05, 0.1) is 0 Å². The lowest BCUT2D eigenvalue weighted by Gasteiger charge is -2.26. The van der Waals surface area contributed by atoms with Crippen LogP contribution in [-0.4, -0.2) is 0 Å². The van der Waals surface area contributed by atoms with Crippen molar-refractivity contribution in [3.63, 3.8) is 0 Å². The van der Waals surface area contributed by atoms with Crippen molar-refractivity contribution in [3.05, 3.63) is 46.5 Å². The number of fused-ring (bicyclic) bond motifs is 2. The van der Waals surface area contributed by atoms with Gasteiger partial charge in [0.15, 0.2) is 0 Å². The van der Waals surface area contributed by atoms with Gasteiger partial charge in [-0.1, -0.05) is 31.2 Å². The molecule has 0 amide bonds. The normalized spacial score (nSPS) is 19.4. The molecule has 3 rings (SSSR count). The zero-order valence-corrected chi connectivity index (χ0v) is 11.0. The zero-order chi connectivity index (χ0) is 12.0. The summed E-state index contributed by atoms with van der Waals surface area (Å²) in [5, 5.41) is 2.91. The van der Waals surface area contributed by atoms with Gasteiger partial charge in [0, 0.05) is 0 Å². The van der Waals surface area contributed by atoms with Crippen LogP contribution in [0.4, 0.5) is 0 Å². The highest BCUT2D eigenvalue weighted by Crippen LogP contribution is 2.35. The number of hydrogen-bond acceptors (Lipinski definition) is 0. The van der Waals surface area contributed by atoms with Gasteiger partial charge in [-0.15, -0.1) is 0 Å². The van der Waals surface area contributed by atoms with E-state index in [9.17, 15) is 0 Å². The van der Waals surface area contributed by atoms with Crippen molar-refractivity contribution >= 4 is 10.8 Å². The fourth-order valence-electron chi connectivity index (χ4n) is 3.37. The van der Waals surface area contributed by atoms with Gasteiger partial charge in [-0.2, -0.15) is 0 Å². The van der Waals surface area contributed by atoms with Crippen molar-refractivity contribution < 1.29 is 0 Å². The third kappa shape index (κ3) is 1.58. The van der Waals surface area contributed by atoms with Crippen molar-refractivity contribution in [1.29, 1.82) is 0 Å². The molecule has 0 spiro atoms. The minimum absolute atomic E-state index is 0.849. The van der Waals surface area contributed by atoms with E-state index in [0.717, 1.165) is 5.92 Å². The molecule has 1 aliphatic rings. The third-order valence-corrected chi connectivity index (χ3v) is 4.44. The molecule has 0 saturated heterocycles. The molecule has 1 aliphatic carbocycles. The van der Waals surface area contributed by atoms with E-state index in [1.54, 1.807) is 11.1 Å². The van der Waals surface area contributed by atoms with Crippen molar-refractivity contribution in [2.24, 2.45) is 5.92 Å². The Hall–Kier alpha value is -1.30. The Labute approximate surface area is 104 Å². The summed E-state index contributed by atoms with van der Waals surface area (Å²) in [6, 6.07) is 8.87. The minimum atomic E-state index is 0.849. The summed E-state index contributed by atoms with van der Waals surface area (Å²) in [7, 11) is 0. The lowest BCUT2D eigenvalue weighted by atomic mass is 9.78. The third-order valence-electron chi connectivity index (χ3n) is 4.44. The molecule has 0 saturated carbocycles. The van der Waals surface area contributed by atoms with E-state index in [0.29, 0.717) is 0 Å². The Bertz CT molecular complexity index is 578. The molecule has 0 heteroatoms. The summed E-state index contributed by atoms with van der Waals surface area (Å²) >= 11 is 0. The lowest BCUT2D eigenvalue weighted by molar-refractivity contribution is 0.499. The first-order valence-corrected chi connectivity index (χ1v) is 6.68. The summed E-state index contributed by atoms with van der Waals surface area (Å²) in [5.41, 5.74) is 6.32. The lowest BCUT2D eigenvalue weighted by Crippen LogP contribution is -2.14. The summed E-state index contributed by atoms with van der Waals surface area (Å²) in [5.74, 6) is 0.849. The van der Waals surface area contributed by atoms with Crippen molar-refractivity contribution in [2.45, 2.75) is 40.0 Å². The minimum Gasteiger partial charge on any atom is -0.0622 e. The Morgan fingerprint density at radius 3 is 2.18 bits per heavy atom. The monoisotopic (exact) mass is 224 g/mol. The summed E-state index contributed by atoms with van der Waals surface area (Å²) in [6.45, 7) is 6.99. The molecule has 0 aliphatic heterocycles. The van der Waals surface area contributed by atoms with Crippen molar-refractivity contribution in [2.75, 3.05) is 0 Å². The quantitative estimate of drug-likeness (QED) is 0.614. The highest BCUT2D eigenvalue weighted by Gasteiger charge is 2.20. The second kappa shape index (κ2) is 3.87. The maximum Gasteiger partial charge on any atom is -0.0149 e. The van der Waals surface area contributed by atoms with Gasteiger partial charge < -0.3 is 0 Å². The Balaban J connectivity index is 2.37. The molecule has 17 heavy (non-hydrogen) atoms. The van der Waals surface area contributed by atoms with Gasteiger partial charge in [0.25, 0.3) is 0 Å². The first-order valence-electron chi connectivity index (χ1n) is 6.68. The average molecular weight is 224 g/mol. The van der Waals surface area contributed by atoms with Crippen molar-refractivity contribution in [1.82, 2.24) is 0 Å². The summed E-state index contributed by atoms with van der Waals surface area (Å²) in [4.78, 5) is 0. The maximum absolute atomic E-state index is 2.38. The first-order chi connectivity index (χ1) is 8.18. The van der Waals surface area contributed by atoms with Crippen LogP contribution in [0.25, 0.3) is 10.8 Å². The number of hydrogen-bond donors (Lipinski definition) is 0. The fourth-order valence-corrected chi connectivity index (χ4v) is 3.37. The van der Waals surface area contributed by atoms with E-state index in [1.807, 2.05) is 0 Å². The molecule has 0 heterocycles. The predicted octanol–water partition coefficient (Wildman–Crippen LogP) is 4.58. The van der Waals surface area contributed by atoms with E-state index >= 15 is 0 Å². The van der Waals surface area contributed by atoms with Gasteiger partial charge in [0.2, 0.25) is 0 Å². The second-order valence-corrected chi connectivity index (χ2v) is 5.60. The molecular weight excluding hydrogens is 204 g/mol. The topological polar surface area (TPSA) is 0 Å². The Morgan fingerprint density at radius 2 is 1.53 bits per heavy atom. The highest BCUT2D eigenvalue weighted by molar-refractivity contribution is 5.90. The van der Waals surface area contributed by atoms with E-state index in [-0.39, 0.29) is 0 Å². The second-order valence-electron chi connectivity index (χ2n) is 5.60. The van der Waals surface area contributed by atoms with Gasteiger partial charge in [0.1, 0.15) is 0 Å². The number of benzene rings is 2. The molecule has 0 bridgehead atoms. The van der Waals surface area contributed by atoms with Gasteiger partial charge in [-0.3, -0.25) is 0 Å². The molecule has 0 radical (unpaired) electrons. The Morgan fingerprint density at radius 1 is 0.941 bits per heavy atom. The molecule has 2 aromatic rings. The van der Waals surface area contributed by atoms with Crippen molar-refractivity contribution in [3.8, 4) is 0 Å². The molecule has 0 N–H and O–H groups in total. The van der Waals surface area contributed by atoms with Crippen LogP contribution in [-0.2, 0) is 12.8 Å². The van der Waals surface area contributed by atoms with Crippen LogP contribution in [0.5, 0.6) is 0 Å². The SMILES string of the molecule is Cc1c2c(c(C)c3ccccc13)CC(C)CC2. The molecule has 0 nitrogen and oxygen atoms in total. The van der Waals surface area contributed by atoms with Crippen LogP contribution < -0.4 is 0 Å². The van der Waals surface area contributed by atoms with Gasteiger partial charge in [-0.25, -0.2) is 0 Å². The number of rotatable bonds is 0. The van der Waals surface area contributed by atoms with E-state index in [4.69, 9.17) is 0 Å². The van der Waals surface area contributed by atoms with Gasteiger partial charge in [-0.05, 0) is 72.1 Å². The first kappa shape index (κ1) is 10.8. The summed E-state index contributed by atoms with van der Waals surface area (Å²) < 4.78 is 0. The Kier molecular flexibility index (Phi) is 2.47. The number of aryl methyl sites for hydroxylation is 2. The van der Waals surface area contributed by atoms with Crippen LogP contribution in [0, 0.1) is 19.8 Å². The highest BCUT2D eigenvalue weighted by atomic mass is 14.3. The standard InChI is InChI=1S/C17H20/c1-11-8-9-16-12(2)14-6-4-5-7-15(14)13(3)17(16)10-11/h4-7,11H,8-10H2,1-3H3. The van der Waals surface area contributed by atoms with E-state index in [1.165, 1.54) is 41.2 Å². The predicted molar refractivity (Wildman–Crippen MR) is 74.6 cm³/mol. The van der Waals surface area contributed by atoms with Crippen LogP contribution in [0.15, 0.2) is 24.3 Å². The van der Waals surface area contributed by atoms with Crippen LogP contribution in [0.2, 0.25) is 0 Å². The molecule has 2 aromatic carbocycles. The molecular formula is C17H20. The maximum atomic E-state index is 2.38. The molecule has 0 aromatic heterocycles. The van der Waals surface area contributed by atoms with E-state index in [2.05, 4.69) is 45.0 Å². The fraction of sp³-hybridized carbons (Fsp3) is 0.412. The van der Waals surface area contributed by atoms with Crippen LogP contribution in [0.1, 0.15) is 35.6 Å². The largest absolute Gasteiger partial charge is 0.0622 e. The molecule has 1 unspecified atom stereocenters. The van der Waals surface area contributed by atoms with Gasteiger partial charge >= 0.3 is 0 Å². The van der Waals surface area contributed by atoms with Crippen LogP contribution >= 0.6 is 0 Å². The molecule has 1 atom stereocenters. The van der Waals surface area contributed by atoms with E-state index < -0.39 is 0 Å². The summed E-state index contributed by atoms with van der Waals surface area (Å²) in [6.07, 6.45) is 3.90. The smallest absolute Gasteiger partial charge is 0.0149 e.